The molecule has 0 amide bonds. The molecule has 3 nitrogen and oxygen atoms in total. The van der Waals surface area contributed by atoms with E-state index in [2.05, 4.69) is 31.9 Å². The molecule has 0 radical (unpaired) electrons. The number of alkyl halides is 2. The number of halogens is 2. The van der Waals surface area contributed by atoms with E-state index < -0.39 is 0 Å². The van der Waals surface area contributed by atoms with Crippen LogP contribution in [-0.4, -0.2) is 23.7 Å². The van der Waals surface area contributed by atoms with Crippen molar-refractivity contribution >= 4 is 43.6 Å². The monoisotopic (exact) mass is 376 g/mol. The van der Waals surface area contributed by atoms with Gasteiger partial charge in [0.15, 0.2) is 0 Å². The Hall–Kier alpha value is -0.680. The number of rotatable bonds is 6. The third kappa shape index (κ3) is 4.21. The lowest BCUT2D eigenvalue weighted by molar-refractivity contribution is -0.115. The van der Waals surface area contributed by atoms with E-state index >= 15 is 0 Å². The van der Waals surface area contributed by atoms with Crippen LogP contribution in [0.2, 0.25) is 0 Å². The van der Waals surface area contributed by atoms with Crippen LogP contribution in [0.4, 0.5) is 0 Å². The topological polar surface area (TPSA) is 43.4 Å². The molecule has 0 spiro atoms. The normalized spacial score (nSPS) is 10.2. The van der Waals surface area contributed by atoms with Gasteiger partial charge in [0.05, 0.1) is 17.5 Å². The van der Waals surface area contributed by atoms with E-state index in [9.17, 15) is 9.59 Å². The Bertz CT molecular complexity index is 444. The van der Waals surface area contributed by atoms with E-state index in [0.717, 1.165) is 11.1 Å². The number of carbonyl (C=O) groups is 2. The third-order valence-electron chi connectivity index (χ3n) is 2.40. The largest absolute Gasteiger partial charge is 0.462 e. The summed E-state index contributed by atoms with van der Waals surface area (Å²) < 4.78 is 4.94. The summed E-state index contributed by atoms with van der Waals surface area (Å²) >= 11 is 6.51. The Labute approximate surface area is 123 Å². The average Bonchev–Trinajstić information content (AvgIpc) is 2.39. The molecular weight excluding hydrogens is 364 g/mol. The van der Waals surface area contributed by atoms with Crippen LogP contribution >= 0.6 is 31.9 Å². The second-order valence-corrected chi connectivity index (χ2v) is 4.81. The molecule has 0 aliphatic rings. The molecule has 1 aromatic carbocycles. The number of carbonyl (C=O) groups excluding carboxylic acids is 2. The maximum absolute atomic E-state index is 11.6. The highest BCUT2D eigenvalue weighted by molar-refractivity contribution is 9.09. The summed E-state index contributed by atoms with van der Waals surface area (Å²) in [5.74, 6) is -0.223. The van der Waals surface area contributed by atoms with E-state index in [0.29, 0.717) is 29.3 Å². The standard InChI is InChI=1S/C13H14Br2O3/c1-2-18-13(17)10-4-3-9(6-12(16)8-15)11(5-10)7-14/h3-5H,2,6-8H2,1H3. The highest BCUT2D eigenvalue weighted by Crippen LogP contribution is 2.17. The molecule has 0 heterocycles. The first-order valence-corrected chi connectivity index (χ1v) is 7.79. The summed E-state index contributed by atoms with van der Waals surface area (Å²) in [4.78, 5) is 23.0. The van der Waals surface area contributed by atoms with Gasteiger partial charge in [0.2, 0.25) is 0 Å². The molecule has 0 atom stereocenters. The lowest BCUT2D eigenvalue weighted by atomic mass is 10.0. The fourth-order valence-electron chi connectivity index (χ4n) is 1.52. The minimum Gasteiger partial charge on any atom is -0.462 e. The maximum atomic E-state index is 11.6. The molecule has 0 aliphatic carbocycles. The molecule has 5 heteroatoms. The van der Waals surface area contributed by atoms with E-state index in [1.165, 1.54) is 0 Å². The van der Waals surface area contributed by atoms with Crippen molar-refractivity contribution in [3.63, 3.8) is 0 Å². The fourth-order valence-corrected chi connectivity index (χ4v) is 2.24. The molecular formula is C13H14Br2O3. The number of hydrogen-bond acceptors (Lipinski definition) is 3. The first-order valence-electron chi connectivity index (χ1n) is 5.54. The van der Waals surface area contributed by atoms with Crippen LogP contribution in [0.15, 0.2) is 18.2 Å². The molecule has 0 aromatic heterocycles. The predicted octanol–water partition coefficient (Wildman–Crippen LogP) is 3.26. The van der Waals surface area contributed by atoms with Crippen molar-refractivity contribution in [2.75, 3.05) is 11.9 Å². The second kappa shape index (κ2) is 7.69. The Balaban J connectivity index is 2.96. The molecule has 98 valence electrons. The Morgan fingerprint density at radius 1 is 1.22 bits per heavy atom. The number of esters is 1. The summed E-state index contributed by atoms with van der Waals surface area (Å²) in [6, 6.07) is 5.27. The fraction of sp³-hybridized carbons (Fsp3) is 0.385. The van der Waals surface area contributed by atoms with Crippen LogP contribution in [0.1, 0.15) is 28.4 Å². The zero-order valence-electron chi connectivity index (χ0n) is 10.0. The SMILES string of the molecule is CCOC(=O)c1ccc(CC(=O)CBr)c(CBr)c1. The van der Waals surface area contributed by atoms with E-state index in [-0.39, 0.29) is 11.8 Å². The van der Waals surface area contributed by atoms with Crippen LogP contribution in [0.25, 0.3) is 0 Å². The number of benzene rings is 1. The molecule has 0 saturated heterocycles. The number of Topliss-reactive ketones (excluding diaryl/α,β-unsaturated/α-hetero) is 1. The van der Waals surface area contributed by atoms with Gasteiger partial charge < -0.3 is 4.74 Å². The Kier molecular flexibility index (Phi) is 6.57. The number of ketones is 1. The third-order valence-corrected chi connectivity index (χ3v) is 3.63. The maximum Gasteiger partial charge on any atom is 0.338 e. The quantitative estimate of drug-likeness (QED) is 0.564. The van der Waals surface area contributed by atoms with Gasteiger partial charge in [0, 0.05) is 11.8 Å². The molecule has 1 rings (SSSR count). The van der Waals surface area contributed by atoms with Gasteiger partial charge in [-0.05, 0) is 30.2 Å². The van der Waals surface area contributed by atoms with Crippen molar-refractivity contribution in [2.45, 2.75) is 18.7 Å². The van der Waals surface area contributed by atoms with Gasteiger partial charge in [-0.2, -0.15) is 0 Å². The zero-order valence-corrected chi connectivity index (χ0v) is 13.2. The van der Waals surface area contributed by atoms with Crippen LogP contribution in [0, 0.1) is 0 Å². The Morgan fingerprint density at radius 3 is 2.50 bits per heavy atom. The average molecular weight is 378 g/mol. The van der Waals surface area contributed by atoms with E-state index in [1.807, 2.05) is 6.07 Å². The van der Waals surface area contributed by atoms with Gasteiger partial charge in [-0.15, -0.1) is 0 Å². The van der Waals surface area contributed by atoms with E-state index in [1.54, 1.807) is 19.1 Å². The predicted molar refractivity (Wildman–Crippen MR) is 77.5 cm³/mol. The molecule has 0 unspecified atom stereocenters. The first kappa shape index (κ1) is 15.4. The number of ether oxygens (including phenoxy) is 1. The molecule has 0 bridgehead atoms. The Morgan fingerprint density at radius 2 is 1.94 bits per heavy atom. The van der Waals surface area contributed by atoms with Gasteiger partial charge in [0.1, 0.15) is 5.78 Å². The molecule has 0 aliphatic heterocycles. The smallest absolute Gasteiger partial charge is 0.338 e. The van der Waals surface area contributed by atoms with Gasteiger partial charge in [-0.25, -0.2) is 4.79 Å². The van der Waals surface area contributed by atoms with Gasteiger partial charge in [-0.3, -0.25) is 4.79 Å². The molecule has 1 aromatic rings. The lowest BCUT2D eigenvalue weighted by Crippen LogP contribution is -2.09. The summed E-state index contributed by atoms with van der Waals surface area (Å²) in [6.45, 7) is 2.12. The van der Waals surface area contributed by atoms with Gasteiger partial charge in [0.25, 0.3) is 0 Å². The van der Waals surface area contributed by atoms with E-state index in [4.69, 9.17) is 4.74 Å². The second-order valence-electron chi connectivity index (χ2n) is 3.69. The van der Waals surface area contributed by atoms with Crippen LogP contribution in [0.3, 0.4) is 0 Å². The van der Waals surface area contributed by atoms with Crippen molar-refractivity contribution in [3.05, 3.63) is 34.9 Å². The summed E-state index contributed by atoms with van der Waals surface area (Å²) in [5, 5.41) is 0.944. The highest BCUT2D eigenvalue weighted by atomic mass is 79.9. The molecule has 18 heavy (non-hydrogen) atoms. The van der Waals surface area contributed by atoms with Crippen molar-refractivity contribution in [3.8, 4) is 0 Å². The minimum atomic E-state index is -0.335. The van der Waals surface area contributed by atoms with Crippen molar-refractivity contribution < 1.29 is 14.3 Å². The van der Waals surface area contributed by atoms with Crippen LogP contribution in [0.5, 0.6) is 0 Å². The first-order chi connectivity index (χ1) is 8.62. The highest BCUT2D eigenvalue weighted by Gasteiger charge is 2.11. The summed E-state index contributed by atoms with van der Waals surface area (Å²) in [7, 11) is 0. The molecule has 0 N–H and O–H groups in total. The summed E-state index contributed by atoms with van der Waals surface area (Å²) in [5.41, 5.74) is 2.39. The lowest BCUT2D eigenvalue weighted by Gasteiger charge is -2.08. The van der Waals surface area contributed by atoms with Crippen LogP contribution < -0.4 is 0 Å². The molecule has 0 saturated carbocycles. The van der Waals surface area contributed by atoms with Crippen molar-refractivity contribution in [1.82, 2.24) is 0 Å². The van der Waals surface area contributed by atoms with Gasteiger partial charge in [-0.1, -0.05) is 37.9 Å². The van der Waals surface area contributed by atoms with Crippen molar-refractivity contribution in [2.24, 2.45) is 0 Å². The number of hydrogen-bond donors (Lipinski definition) is 0. The van der Waals surface area contributed by atoms with Crippen LogP contribution in [-0.2, 0) is 21.3 Å². The van der Waals surface area contributed by atoms with Crippen molar-refractivity contribution in [1.29, 1.82) is 0 Å². The molecule has 0 fully saturated rings. The summed E-state index contributed by atoms with van der Waals surface area (Å²) in [6.07, 6.45) is 0.370. The van der Waals surface area contributed by atoms with Gasteiger partial charge >= 0.3 is 5.97 Å². The zero-order chi connectivity index (χ0) is 13.5. The minimum absolute atomic E-state index is 0.112.